The van der Waals surface area contributed by atoms with Gasteiger partial charge in [0.15, 0.2) is 16.6 Å². The van der Waals surface area contributed by atoms with E-state index in [1.165, 1.54) is 6.07 Å². The Morgan fingerprint density at radius 1 is 1.10 bits per heavy atom. The molecule has 1 aliphatic rings. The molecule has 0 aliphatic carbocycles. The van der Waals surface area contributed by atoms with Crippen LogP contribution >= 0.6 is 11.3 Å². The number of anilines is 2. The summed E-state index contributed by atoms with van der Waals surface area (Å²) < 4.78 is 15.9. The van der Waals surface area contributed by atoms with Gasteiger partial charge in [0.1, 0.15) is 11.6 Å². The zero-order valence-corrected chi connectivity index (χ0v) is 16.7. The van der Waals surface area contributed by atoms with Crippen molar-refractivity contribution in [2.24, 2.45) is 0 Å². The van der Waals surface area contributed by atoms with Crippen molar-refractivity contribution in [2.75, 3.05) is 23.3 Å². The van der Waals surface area contributed by atoms with Crippen molar-refractivity contribution >= 4 is 27.9 Å². The molecule has 148 valence electrons. The predicted octanol–water partition coefficient (Wildman–Crippen LogP) is 3.78. The van der Waals surface area contributed by atoms with Crippen LogP contribution in [-0.4, -0.2) is 43.9 Å². The lowest BCUT2D eigenvalue weighted by atomic mass is 10.1. The van der Waals surface area contributed by atoms with Crippen molar-refractivity contribution in [3.8, 4) is 11.4 Å². The fourth-order valence-corrected chi connectivity index (χ4v) is 4.37. The molecule has 5 rings (SSSR count). The number of aromatic nitrogens is 5. The van der Waals surface area contributed by atoms with Crippen molar-refractivity contribution in [2.45, 2.75) is 25.8 Å². The van der Waals surface area contributed by atoms with Crippen LogP contribution < -0.4 is 10.2 Å². The SMILES string of the molecule is Cc1csc(NC2CCN(c3ccc4nnc(-c5ccccc5F)n4n3)CC2)n1. The van der Waals surface area contributed by atoms with E-state index in [0.29, 0.717) is 23.1 Å². The molecule has 1 saturated heterocycles. The molecule has 0 atom stereocenters. The van der Waals surface area contributed by atoms with Gasteiger partial charge in [0, 0.05) is 24.5 Å². The lowest BCUT2D eigenvalue weighted by molar-refractivity contribution is 0.521. The third-order valence-electron chi connectivity index (χ3n) is 5.13. The number of aryl methyl sites for hydroxylation is 1. The molecule has 0 unspecified atom stereocenters. The number of thiazole rings is 1. The number of hydrogen-bond donors (Lipinski definition) is 1. The highest BCUT2D eigenvalue weighted by molar-refractivity contribution is 7.13. The summed E-state index contributed by atoms with van der Waals surface area (Å²) in [6.07, 6.45) is 2.00. The van der Waals surface area contributed by atoms with Gasteiger partial charge in [-0.1, -0.05) is 12.1 Å². The van der Waals surface area contributed by atoms with Gasteiger partial charge in [-0.15, -0.1) is 26.6 Å². The third-order valence-corrected chi connectivity index (χ3v) is 6.02. The average molecular weight is 409 g/mol. The van der Waals surface area contributed by atoms with E-state index in [4.69, 9.17) is 5.10 Å². The number of halogens is 1. The van der Waals surface area contributed by atoms with Gasteiger partial charge in [-0.2, -0.15) is 4.52 Å². The zero-order valence-electron chi connectivity index (χ0n) is 15.9. The molecule has 0 spiro atoms. The van der Waals surface area contributed by atoms with Gasteiger partial charge < -0.3 is 10.2 Å². The fraction of sp³-hybridized carbons (Fsp3) is 0.300. The second-order valence-electron chi connectivity index (χ2n) is 7.16. The summed E-state index contributed by atoms with van der Waals surface area (Å²) in [6.45, 7) is 3.78. The summed E-state index contributed by atoms with van der Waals surface area (Å²) in [4.78, 5) is 6.74. The quantitative estimate of drug-likeness (QED) is 0.553. The van der Waals surface area contributed by atoms with E-state index in [-0.39, 0.29) is 5.82 Å². The molecule has 0 saturated carbocycles. The van der Waals surface area contributed by atoms with Crippen LogP contribution in [0.5, 0.6) is 0 Å². The molecule has 4 aromatic rings. The first-order valence-electron chi connectivity index (χ1n) is 9.58. The Morgan fingerprint density at radius 2 is 1.93 bits per heavy atom. The molecule has 1 N–H and O–H groups in total. The molecule has 0 radical (unpaired) electrons. The van der Waals surface area contributed by atoms with Crippen molar-refractivity contribution in [1.29, 1.82) is 0 Å². The summed E-state index contributed by atoms with van der Waals surface area (Å²) >= 11 is 1.65. The van der Waals surface area contributed by atoms with E-state index in [0.717, 1.165) is 42.6 Å². The highest BCUT2D eigenvalue weighted by atomic mass is 32.1. The minimum absolute atomic E-state index is 0.335. The lowest BCUT2D eigenvalue weighted by Gasteiger charge is -2.33. The largest absolute Gasteiger partial charge is 0.359 e. The minimum atomic E-state index is -0.335. The van der Waals surface area contributed by atoms with Gasteiger partial charge in [0.25, 0.3) is 0 Å². The van der Waals surface area contributed by atoms with Crippen molar-refractivity contribution in [3.05, 3.63) is 53.3 Å². The molecule has 1 fully saturated rings. The molecule has 4 heterocycles. The molecule has 29 heavy (non-hydrogen) atoms. The number of nitrogens with zero attached hydrogens (tertiary/aromatic N) is 6. The maximum absolute atomic E-state index is 14.2. The molecule has 9 heteroatoms. The van der Waals surface area contributed by atoms with Crippen molar-refractivity contribution in [3.63, 3.8) is 0 Å². The highest BCUT2D eigenvalue weighted by Crippen LogP contribution is 2.25. The predicted molar refractivity (Wildman–Crippen MR) is 112 cm³/mol. The van der Waals surface area contributed by atoms with E-state index >= 15 is 0 Å². The summed E-state index contributed by atoms with van der Waals surface area (Å²) in [6, 6.07) is 10.8. The van der Waals surface area contributed by atoms with E-state index < -0.39 is 0 Å². The van der Waals surface area contributed by atoms with E-state index in [9.17, 15) is 4.39 Å². The number of rotatable bonds is 4. The molecule has 0 bridgehead atoms. The van der Waals surface area contributed by atoms with Gasteiger partial charge in [0.05, 0.1) is 11.3 Å². The fourth-order valence-electron chi connectivity index (χ4n) is 3.61. The van der Waals surface area contributed by atoms with Gasteiger partial charge in [0.2, 0.25) is 0 Å². The minimum Gasteiger partial charge on any atom is -0.359 e. The van der Waals surface area contributed by atoms with Crippen LogP contribution in [0.2, 0.25) is 0 Å². The topological polar surface area (TPSA) is 71.2 Å². The second kappa shape index (κ2) is 7.40. The summed E-state index contributed by atoms with van der Waals surface area (Å²) in [7, 11) is 0. The van der Waals surface area contributed by atoms with Crippen molar-refractivity contribution < 1.29 is 4.39 Å². The Morgan fingerprint density at radius 3 is 2.69 bits per heavy atom. The smallest absolute Gasteiger partial charge is 0.188 e. The lowest BCUT2D eigenvalue weighted by Crippen LogP contribution is -2.39. The van der Waals surface area contributed by atoms with Crippen molar-refractivity contribution in [1.82, 2.24) is 24.8 Å². The normalized spacial score (nSPS) is 15.2. The molecule has 7 nitrogen and oxygen atoms in total. The van der Waals surface area contributed by atoms with Gasteiger partial charge in [-0.25, -0.2) is 9.37 Å². The zero-order chi connectivity index (χ0) is 19.8. The molecule has 3 aromatic heterocycles. The van der Waals surface area contributed by atoms with Gasteiger partial charge in [-0.3, -0.25) is 0 Å². The standard InChI is InChI=1S/C20H20FN7S/c1-13-12-29-20(22-13)23-14-8-10-27(11-9-14)18-7-6-17-24-25-19(28(17)26-18)15-4-2-3-5-16(15)21/h2-7,12,14H,8-11H2,1H3,(H,22,23). The molecule has 0 amide bonds. The molecule has 1 aromatic carbocycles. The van der Waals surface area contributed by atoms with E-state index in [2.05, 4.69) is 30.8 Å². The Balaban J connectivity index is 1.35. The van der Waals surface area contributed by atoms with Crippen LogP contribution in [0.1, 0.15) is 18.5 Å². The molecule has 1 aliphatic heterocycles. The van der Waals surface area contributed by atoms with Gasteiger partial charge >= 0.3 is 0 Å². The number of nitrogens with one attached hydrogen (secondary N) is 1. The van der Waals surface area contributed by atoms with Crippen LogP contribution in [0, 0.1) is 12.7 Å². The summed E-state index contributed by atoms with van der Waals surface area (Å²) in [5.74, 6) is 0.924. The summed E-state index contributed by atoms with van der Waals surface area (Å²) in [5, 5.41) is 19.6. The summed E-state index contributed by atoms with van der Waals surface area (Å²) in [5.41, 5.74) is 2.04. The Hall–Kier alpha value is -3.07. The Bertz CT molecular complexity index is 1150. The Labute approximate surface area is 171 Å². The Kier molecular flexibility index (Phi) is 4.59. The van der Waals surface area contributed by atoms with E-state index in [1.807, 2.05) is 19.1 Å². The van der Waals surface area contributed by atoms with Crippen LogP contribution in [0.25, 0.3) is 17.0 Å². The van der Waals surface area contributed by atoms with E-state index in [1.54, 1.807) is 34.1 Å². The number of fused-ring (bicyclic) bond motifs is 1. The van der Waals surface area contributed by atoms with Crippen LogP contribution in [-0.2, 0) is 0 Å². The van der Waals surface area contributed by atoms with Crippen LogP contribution in [0.4, 0.5) is 15.3 Å². The first-order chi connectivity index (χ1) is 14.2. The maximum Gasteiger partial charge on any atom is 0.188 e. The van der Waals surface area contributed by atoms with Gasteiger partial charge in [-0.05, 0) is 44.0 Å². The monoisotopic (exact) mass is 409 g/mol. The first kappa shape index (κ1) is 18.0. The van der Waals surface area contributed by atoms with Crippen LogP contribution in [0.15, 0.2) is 41.8 Å². The molecular weight excluding hydrogens is 389 g/mol. The first-order valence-corrected chi connectivity index (χ1v) is 10.5. The second-order valence-corrected chi connectivity index (χ2v) is 8.02. The third kappa shape index (κ3) is 3.53. The number of piperidine rings is 1. The number of hydrogen-bond acceptors (Lipinski definition) is 7. The van der Waals surface area contributed by atoms with Crippen LogP contribution in [0.3, 0.4) is 0 Å². The average Bonchev–Trinajstić information content (AvgIpc) is 3.34. The highest BCUT2D eigenvalue weighted by Gasteiger charge is 2.22. The molecular formula is C20H20FN7S. The maximum atomic E-state index is 14.2. The number of benzene rings is 1.